The first-order chi connectivity index (χ1) is 16.0. The molecule has 4 aromatic rings. The van der Waals surface area contributed by atoms with Crippen LogP contribution in [0.4, 0.5) is 5.82 Å². The van der Waals surface area contributed by atoms with Gasteiger partial charge in [0.25, 0.3) is 0 Å². The van der Waals surface area contributed by atoms with Crippen LogP contribution in [0.15, 0.2) is 59.5 Å². The van der Waals surface area contributed by atoms with E-state index in [1.807, 2.05) is 46.2 Å². The lowest BCUT2D eigenvalue weighted by Crippen LogP contribution is -2.37. The predicted molar refractivity (Wildman–Crippen MR) is 126 cm³/mol. The van der Waals surface area contributed by atoms with Gasteiger partial charge in [0.15, 0.2) is 5.76 Å². The van der Waals surface area contributed by atoms with Crippen LogP contribution in [0, 0.1) is 0 Å². The third-order valence-electron chi connectivity index (χ3n) is 5.98. The molecule has 4 heterocycles. The standard InChI is InChI=1S/C24H23ClN6O2/c1-15(32)30-7-5-20(6-8-30)31-14-18(12-29-31)17-10-21(23(26)27-11-17)24-28-13-22(33-24)16-3-2-4-19(25)9-16/h2-4,9-14,20H,5-8H2,1H3,(H2,26,27). The molecule has 1 aromatic carbocycles. The third-order valence-corrected chi connectivity index (χ3v) is 6.22. The number of rotatable bonds is 4. The lowest BCUT2D eigenvalue weighted by atomic mass is 10.1. The van der Waals surface area contributed by atoms with E-state index < -0.39 is 0 Å². The van der Waals surface area contributed by atoms with Crippen molar-refractivity contribution in [3.63, 3.8) is 0 Å². The van der Waals surface area contributed by atoms with E-state index in [-0.39, 0.29) is 11.9 Å². The van der Waals surface area contributed by atoms with E-state index in [4.69, 9.17) is 21.8 Å². The van der Waals surface area contributed by atoms with Gasteiger partial charge in [0.2, 0.25) is 11.8 Å². The van der Waals surface area contributed by atoms with Crippen LogP contribution in [0.25, 0.3) is 33.9 Å². The number of carbonyl (C=O) groups excluding carboxylic acids is 1. The number of oxazole rings is 1. The average molecular weight is 463 g/mol. The topological polar surface area (TPSA) is 103 Å². The van der Waals surface area contributed by atoms with Crippen LogP contribution in [0.3, 0.4) is 0 Å². The highest BCUT2D eigenvalue weighted by Crippen LogP contribution is 2.33. The zero-order valence-electron chi connectivity index (χ0n) is 18.1. The molecule has 1 amide bonds. The lowest BCUT2D eigenvalue weighted by Gasteiger charge is -2.31. The minimum Gasteiger partial charge on any atom is -0.436 e. The smallest absolute Gasteiger partial charge is 0.230 e. The van der Waals surface area contributed by atoms with E-state index >= 15 is 0 Å². The zero-order valence-corrected chi connectivity index (χ0v) is 18.9. The van der Waals surface area contributed by atoms with Crippen LogP contribution in [0.2, 0.25) is 5.02 Å². The normalized spacial score (nSPS) is 14.5. The Kier molecular flexibility index (Phi) is 5.60. The molecule has 2 N–H and O–H groups in total. The Balaban J connectivity index is 1.39. The van der Waals surface area contributed by atoms with Gasteiger partial charge >= 0.3 is 0 Å². The number of amides is 1. The largest absolute Gasteiger partial charge is 0.436 e. The molecule has 0 radical (unpaired) electrons. The second-order valence-electron chi connectivity index (χ2n) is 8.14. The summed E-state index contributed by atoms with van der Waals surface area (Å²) in [4.78, 5) is 22.2. The number of hydrogen-bond acceptors (Lipinski definition) is 6. The van der Waals surface area contributed by atoms with Gasteiger partial charge < -0.3 is 15.1 Å². The molecule has 9 heteroatoms. The molecule has 0 atom stereocenters. The lowest BCUT2D eigenvalue weighted by molar-refractivity contribution is -0.130. The number of benzene rings is 1. The predicted octanol–water partition coefficient (Wildman–Crippen LogP) is 4.69. The summed E-state index contributed by atoms with van der Waals surface area (Å²) in [5.74, 6) is 1.45. The Hall–Kier alpha value is -3.65. The SMILES string of the molecule is CC(=O)N1CCC(n2cc(-c3cnc(N)c(-c4ncc(-c5cccc(Cl)c5)o4)c3)cn2)CC1. The van der Waals surface area contributed by atoms with Crippen molar-refractivity contribution in [2.75, 3.05) is 18.8 Å². The number of pyridine rings is 1. The molecular formula is C24H23ClN6O2. The summed E-state index contributed by atoms with van der Waals surface area (Å²) in [5, 5.41) is 5.19. The average Bonchev–Trinajstić information content (AvgIpc) is 3.50. The first-order valence-electron chi connectivity index (χ1n) is 10.8. The van der Waals surface area contributed by atoms with Crippen molar-refractivity contribution in [2.24, 2.45) is 0 Å². The Morgan fingerprint density at radius 1 is 1.09 bits per heavy atom. The fourth-order valence-electron chi connectivity index (χ4n) is 4.11. The summed E-state index contributed by atoms with van der Waals surface area (Å²) in [6, 6.07) is 9.57. The van der Waals surface area contributed by atoms with E-state index in [9.17, 15) is 4.79 Å². The summed E-state index contributed by atoms with van der Waals surface area (Å²) in [7, 11) is 0. The molecular weight excluding hydrogens is 440 g/mol. The van der Waals surface area contributed by atoms with Gasteiger partial charge in [-0.15, -0.1) is 0 Å². The maximum absolute atomic E-state index is 11.6. The number of piperidine rings is 1. The number of carbonyl (C=O) groups is 1. The van der Waals surface area contributed by atoms with E-state index in [0.29, 0.717) is 28.1 Å². The highest BCUT2D eigenvalue weighted by molar-refractivity contribution is 6.30. The summed E-state index contributed by atoms with van der Waals surface area (Å²) in [6.45, 7) is 3.12. The zero-order chi connectivity index (χ0) is 22.9. The van der Waals surface area contributed by atoms with Crippen LogP contribution < -0.4 is 5.73 Å². The molecule has 0 unspecified atom stereocenters. The summed E-state index contributed by atoms with van der Waals surface area (Å²) in [6.07, 6.45) is 8.97. The second kappa shape index (κ2) is 8.71. The minimum atomic E-state index is 0.125. The van der Waals surface area contributed by atoms with Crippen molar-refractivity contribution in [3.8, 4) is 33.9 Å². The Bertz CT molecular complexity index is 1310. The molecule has 0 spiro atoms. The van der Waals surface area contributed by atoms with E-state index in [1.165, 1.54) is 0 Å². The molecule has 0 saturated carbocycles. The van der Waals surface area contributed by atoms with E-state index in [2.05, 4.69) is 15.1 Å². The first-order valence-corrected chi connectivity index (χ1v) is 11.1. The molecule has 8 nitrogen and oxygen atoms in total. The van der Waals surface area contributed by atoms with E-state index in [1.54, 1.807) is 25.4 Å². The molecule has 168 valence electrons. The number of nitrogens with two attached hydrogens (primary N) is 1. The highest BCUT2D eigenvalue weighted by Gasteiger charge is 2.23. The fourth-order valence-corrected chi connectivity index (χ4v) is 4.30. The molecule has 1 aliphatic rings. The quantitative estimate of drug-likeness (QED) is 0.472. The molecule has 0 bridgehead atoms. The molecule has 0 aliphatic carbocycles. The first kappa shape index (κ1) is 21.2. The van der Waals surface area contributed by atoms with Crippen LogP contribution in [-0.2, 0) is 4.79 Å². The molecule has 1 saturated heterocycles. The van der Waals surface area contributed by atoms with Crippen molar-refractivity contribution in [1.29, 1.82) is 0 Å². The molecule has 3 aromatic heterocycles. The maximum Gasteiger partial charge on any atom is 0.230 e. The number of nitrogens with zero attached hydrogens (tertiary/aromatic N) is 5. The molecule has 1 fully saturated rings. The van der Waals surface area contributed by atoms with Crippen LogP contribution in [0.1, 0.15) is 25.8 Å². The van der Waals surface area contributed by atoms with Gasteiger partial charge in [0, 0.05) is 54.1 Å². The van der Waals surface area contributed by atoms with Gasteiger partial charge in [0.1, 0.15) is 5.82 Å². The van der Waals surface area contributed by atoms with E-state index in [0.717, 1.165) is 42.6 Å². The van der Waals surface area contributed by atoms with Crippen LogP contribution in [-0.4, -0.2) is 43.6 Å². The Morgan fingerprint density at radius 2 is 1.91 bits per heavy atom. The van der Waals surface area contributed by atoms with Crippen molar-refractivity contribution < 1.29 is 9.21 Å². The van der Waals surface area contributed by atoms with Crippen molar-refractivity contribution in [1.82, 2.24) is 24.6 Å². The van der Waals surface area contributed by atoms with Crippen molar-refractivity contribution in [3.05, 3.63) is 60.1 Å². The van der Waals surface area contributed by atoms with Crippen LogP contribution in [0.5, 0.6) is 0 Å². The number of halogens is 1. The number of hydrogen-bond donors (Lipinski definition) is 1. The number of nitrogen functional groups attached to an aromatic ring is 1. The van der Waals surface area contributed by atoms with Crippen molar-refractivity contribution in [2.45, 2.75) is 25.8 Å². The van der Waals surface area contributed by atoms with Gasteiger partial charge in [-0.3, -0.25) is 9.48 Å². The Morgan fingerprint density at radius 3 is 2.67 bits per heavy atom. The summed E-state index contributed by atoms with van der Waals surface area (Å²) >= 11 is 6.09. The Labute approximate surface area is 196 Å². The molecule has 33 heavy (non-hydrogen) atoms. The third kappa shape index (κ3) is 4.34. The summed E-state index contributed by atoms with van der Waals surface area (Å²) < 4.78 is 7.95. The highest BCUT2D eigenvalue weighted by atomic mass is 35.5. The van der Waals surface area contributed by atoms with Gasteiger partial charge in [-0.1, -0.05) is 23.7 Å². The number of aromatic nitrogens is 4. The monoisotopic (exact) mass is 462 g/mol. The van der Waals surface area contributed by atoms with Gasteiger partial charge in [0.05, 0.1) is 24.0 Å². The van der Waals surface area contributed by atoms with Gasteiger partial charge in [-0.25, -0.2) is 9.97 Å². The van der Waals surface area contributed by atoms with Gasteiger partial charge in [-0.05, 0) is 31.0 Å². The van der Waals surface area contributed by atoms with Gasteiger partial charge in [-0.2, -0.15) is 5.10 Å². The minimum absolute atomic E-state index is 0.125. The number of anilines is 1. The second-order valence-corrected chi connectivity index (χ2v) is 8.58. The summed E-state index contributed by atoms with van der Waals surface area (Å²) in [5.41, 5.74) is 9.39. The molecule has 1 aliphatic heterocycles. The number of likely N-dealkylation sites (tertiary alicyclic amines) is 1. The fraction of sp³-hybridized carbons (Fsp3) is 0.250. The van der Waals surface area contributed by atoms with Crippen molar-refractivity contribution >= 4 is 23.3 Å². The molecule has 5 rings (SSSR count). The van der Waals surface area contributed by atoms with Crippen LogP contribution >= 0.6 is 11.6 Å². The maximum atomic E-state index is 11.6.